The zero-order valence-electron chi connectivity index (χ0n) is 15.5. The lowest BCUT2D eigenvalue weighted by Crippen LogP contribution is -2.40. The SMILES string of the molecule is CC(C)OC(C)(C)C(=O)Oc1cccc2[nH]cc(CCN(C)C)c12. The van der Waals surface area contributed by atoms with Gasteiger partial charge < -0.3 is 19.4 Å². The van der Waals surface area contributed by atoms with Gasteiger partial charge in [-0.1, -0.05) is 6.07 Å². The summed E-state index contributed by atoms with van der Waals surface area (Å²) in [6, 6.07) is 5.70. The highest BCUT2D eigenvalue weighted by Crippen LogP contribution is 2.30. The summed E-state index contributed by atoms with van der Waals surface area (Å²) in [5.74, 6) is 0.191. The van der Waals surface area contributed by atoms with Gasteiger partial charge in [-0.2, -0.15) is 0 Å². The van der Waals surface area contributed by atoms with Crippen molar-refractivity contribution in [1.29, 1.82) is 0 Å². The number of rotatable bonds is 7. The highest BCUT2D eigenvalue weighted by atomic mass is 16.6. The molecule has 0 bridgehead atoms. The molecule has 0 spiro atoms. The van der Waals surface area contributed by atoms with E-state index in [2.05, 4.69) is 9.88 Å². The van der Waals surface area contributed by atoms with Crippen molar-refractivity contribution in [2.75, 3.05) is 20.6 Å². The summed E-state index contributed by atoms with van der Waals surface area (Å²) in [5.41, 5.74) is 1.12. The standard InChI is InChI=1S/C19H28N2O3/c1-13(2)24-19(3,4)18(22)23-16-9-7-8-15-17(16)14(12-20-15)10-11-21(5)6/h7-9,12-13,20H,10-11H2,1-6H3. The molecule has 0 radical (unpaired) electrons. The summed E-state index contributed by atoms with van der Waals surface area (Å²) in [6.45, 7) is 8.21. The monoisotopic (exact) mass is 332 g/mol. The molecule has 5 nitrogen and oxygen atoms in total. The Morgan fingerprint density at radius 2 is 2.00 bits per heavy atom. The molecule has 2 aromatic rings. The number of ether oxygens (including phenoxy) is 2. The zero-order chi connectivity index (χ0) is 17.9. The van der Waals surface area contributed by atoms with Gasteiger partial charge in [0.05, 0.1) is 6.10 Å². The van der Waals surface area contributed by atoms with Crippen LogP contribution in [0.25, 0.3) is 10.9 Å². The van der Waals surface area contributed by atoms with E-state index in [-0.39, 0.29) is 12.1 Å². The molecule has 0 amide bonds. The van der Waals surface area contributed by atoms with Gasteiger partial charge >= 0.3 is 5.97 Å². The van der Waals surface area contributed by atoms with E-state index in [9.17, 15) is 4.79 Å². The Morgan fingerprint density at radius 3 is 2.62 bits per heavy atom. The molecule has 0 saturated carbocycles. The highest BCUT2D eigenvalue weighted by Gasteiger charge is 2.32. The lowest BCUT2D eigenvalue weighted by atomic mass is 10.1. The number of aromatic amines is 1. The third-order valence-corrected chi connectivity index (χ3v) is 3.80. The molecule has 0 saturated heterocycles. The van der Waals surface area contributed by atoms with Crippen LogP contribution < -0.4 is 4.74 Å². The predicted octanol–water partition coefficient (Wildman–Crippen LogP) is 3.38. The second kappa shape index (κ2) is 7.36. The van der Waals surface area contributed by atoms with Crippen molar-refractivity contribution in [3.63, 3.8) is 0 Å². The number of nitrogens with one attached hydrogen (secondary N) is 1. The first-order valence-electron chi connectivity index (χ1n) is 8.34. The van der Waals surface area contributed by atoms with Crippen LogP contribution >= 0.6 is 0 Å². The molecule has 0 aliphatic carbocycles. The Hall–Kier alpha value is -1.85. The van der Waals surface area contributed by atoms with Crippen LogP contribution in [-0.2, 0) is 16.0 Å². The van der Waals surface area contributed by atoms with Crippen molar-refractivity contribution < 1.29 is 14.3 Å². The fourth-order valence-corrected chi connectivity index (χ4v) is 2.71. The molecule has 0 aliphatic rings. The number of likely N-dealkylation sites (N-methyl/N-ethyl adjacent to an activating group) is 1. The Bertz CT molecular complexity index is 702. The second-order valence-corrected chi connectivity index (χ2v) is 7.11. The fourth-order valence-electron chi connectivity index (χ4n) is 2.71. The number of hydrogen-bond acceptors (Lipinski definition) is 4. The van der Waals surface area contributed by atoms with Gasteiger partial charge in [-0.3, -0.25) is 0 Å². The number of hydrogen-bond donors (Lipinski definition) is 1. The maximum absolute atomic E-state index is 12.5. The minimum absolute atomic E-state index is 0.0498. The molecule has 0 unspecified atom stereocenters. The van der Waals surface area contributed by atoms with E-state index in [4.69, 9.17) is 9.47 Å². The van der Waals surface area contributed by atoms with Crippen molar-refractivity contribution >= 4 is 16.9 Å². The van der Waals surface area contributed by atoms with Crippen molar-refractivity contribution in [3.05, 3.63) is 30.0 Å². The van der Waals surface area contributed by atoms with E-state index in [1.165, 1.54) is 0 Å². The van der Waals surface area contributed by atoms with Gasteiger partial charge in [-0.05, 0) is 65.9 Å². The normalized spacial score (nSPS) is 12.3. The summed E-state index contributed by atoms with van der Waals surface area (Å²) in [6.07, 6.45) is 2.82. The van der Waals surface area contributed by atoms with Crippen molar-refractivity contribution in [2.45, 2.75) is 45.8 Å². The van der Waals surface area contributed by atoms with Crippen LogP contribution in [0.1, 0.15) is 33.3 Å². The van der Waals surface area contributed by atoms with Crippen LogP contribution in [0.5, 0.6) is 5.75 Å². The maximum atomic E-state index is 12.5. The Morgan fingerprint density at radius 1 is 1.29 bits per heavy atom. The van der Waals surface area contributed by atoms with E-state index in [1.807, 2.05) is 52.3 Å². The molecule has 132 valence electrons. The van der Waals surface area contributed by atoms with Crippen LogP contribution in [0.2, 0.25) is 0 Å². The van der Waals surface area contributed by atoms with Crippen molar-refractivity contribution in [1.82, 2.24) is 9.88 Å². The van der Waals surface area contributed by atoms with Gasteiger partial charge in [-0.15, -0.1) is 0 Å². The zero-order valence-corrected chi connectivity index (χ0v) is 15.5. The van der Waals surface area contributed by atoms with E-state index in [0.29, 0.717) is 5.75 Å². The molecule has 1 heterocycles. The third-order valence-electron chi connectivity index (χ3n) is 3.80. The second-order valence-electron chi connectivity index (χ2n) is 7.11. The average molecular weight is 332 g/mol. The van der Waals surface area contributed by atoms with Crippen LogP contribution in [-0.4, -0.2) is 48.2 Å². The van der Waals surface area contributed by atoms with Gasteiger partial charge in [0.15, 0.2) is 5.60 Å². The van der Waals surface area contributed by atoms with Crippen LogP contribution in [0, 0.1) is 0 Å². The van der Waals surface area contributed by atoms with E-state index < -0.39 is 5.60 Å². The molecule has 5 heteroatoms. The molecule has 2 rings (SSSR count). The average Bonchev–Trinajstić information content (AvgIpc) is 2.88. The van der Waals surface area contributed by atoms with Crippen LogP contribution in [0.4, 0.5) is 0 Å². The van der Waals surface area contributed by atoms with Crippen molar-refractivity contribution in [2.24, 2.45) is 0 Å². The Balaban J connectivity index is 2.28. The molecule has 1 aromatic carbocycles. The third kappa shape index (κ3) is 4.36. The lowest BCUT2D eigenvalue weighted by molar-refractivity contribution is -0.162. The Labute approximate surface area is 143 Å². The number of esters is 1. The minimum atomic E-state index is -0.990. The summed E-state index contributed by atoms with van der Waals surface area (Å²) in [4.78, 5) is 17.9. The summed E-state index contributed by atoms with van der Waals surface area (Å²) in [7, 11) is 4.09. The summed E-state index contributed by atoms with van der Waals surface area (Å²) < 4.78 is 11.4. The smallest absolute Gasteiger partial charge is 0.343 e. The topological polar surface area (TPSA) is 54.6 Å². The van der Waals surface area contributed by atoms with E-state index in [1.54, 1.807) is 13.8 Å². The first-order chi connectivity index (χ1) is 11.2. The van der Waals surface area contributed by atoms with Gasteiger partial charge in [0.1, 0.15) is 5.75 Å². The number of aromatic nitrogens is 1. The fraction of sp³-hybridized carbons (Fsp3) is 0.526. The number of carbonyl (C=O) groups is 1. The molecule has 0 aliphatic heterocycles. The van der Waals surface area contributed by atoms with Crippen LogP contribution in [0.3, 0.4) is 0 Å². The number of fused-ring (bicyclic) bond motifs is 1. The quantitative estimate of drug-likeness (QED) is 0.624. The van der Waals surface area contributed by atoms with Crippen molar-refractivity contribution in [3.8, 4) is 5.75 Å². The molecule has 0 fully saturated rings. The van der Waals surface area contributed by atoms with Gasteiger partial charge in [0.2, 0.25) is 0 Å². The molecule has 1 N–H and O–H groups in total. The maximum Gasteiger partial charge on any atom is 0.343 e. The minimum Gasteiger partial charge on any atom is -0.424 e. The molecular formula is C19H28N2O3. The molecular weight excluding hydrogens is 304 g/mol. The van der Waals surface area contributed by atoms with E-state index in [0.717, 1.165) is 29.4 Å². The van der Waals surface area contributed by atoms with Gasteiger partial charge in [-0.25, -0.2) is 4.79 Å². The van der Waals surface area contributed by atoms with Crippen LogP contribution in [0.15, 0.2) is 24.4 Å². The molecule has 0 atom stereocenters. The number of carbonyl (C=O) groups excluding carboxylic acids is 1. The summed E-state index contributed by atoms with van der Waals surface area (Å²) in [5, 5.41) is 0.966. The predicted molar refractivity (Wildman–Crippen MR) is 96.5 cm³/mol. The Kier molecular flexibility index (Phi) is 5.67. The van der Waals surface area contributed by atoms with Gasteiger partial charge in [0, 0.05) is 23.6 Å². The number of benzene rings is 1. The highest BCUT2D eigenvalue weighted by molar-refractivity contribution is 5.92. The molecule has 1 aromatic heterocycles. The number of nitrogens with zero attached hydrogens (tertiary/aromatic N) is 1. The molecule has 24 heavy (non-hydrogen) atoms. The summed E-state index contributed by atoms with van der Waals surface area (Å²) >= 11 is 0. The number of H-pyrrole nitrogens is 1. The van der Waals surface area contributed by atoms with Gasteiger partial charge in [0.25, 0.3) is 0 Å². The van der Waals surface area contributed by atoms with E-state index >= 15 is 0 Å². The largest absolute Gasteiger partial charge is 0.424 e. The first kappa shape index (κ1) is 18.5. The first-order valence-corrected chi connectivity index (χ1v) is 8.34. The lowest BCUT2D eigenvalue weighted by Gasteiger charge is -2.25.